The van der Waals surface area contributed by atoms with Crippen LogP contribution in [0.2, 0.25) is 0 Å². The minimum atomic E-state index is -0.808. The van der Waals surface area contributed by atoms with Gasteiger partial charge in [0.2, 0.25) is 5.91 Å². The van der Waals surface area contributed by atoms with Gasteiger partial charge in [0.05, 0.1) is 44.4 Å². The van der Waals surface area contributed by atoms with Crippen LogP contribution in [0.5, 0.6) is 0 Å². The molecule has 39 heavy (non-hydrogen) atoms. The molecule has 11 heteroatoms. The van der Waals surface area contributed by atoms with Gasteiger partial charge in [0.25, 0.3) is 0 Å². The van der Waals surface area contributed by atoms with Crippen molar-refractivity contribution in [3.63, 3.8) is 0 Å². The number of β-amino-alcohol motifs (C(OH)–C–C–N with tert-alkyl or cyclic N) is 1. The lowest BCUT2D eigenvalue weighted by molar-refractivity contribution is -0.150. The predicted molar refractivity (Wildman–Crippen MR) is 143 cm³/mol. The van der Waals surface area contributed by atoms with Crippen LogP contribution in [0.3, 0.4) is 0 Å². The van der Waals surface area contributed by atoms with Crippen LogP contribution in [-0.4, -0.2) is 95.2 Å². The van der Waals surface area contributed by atoms with Gasteiger partial charge in [-0.1, -0.05) is 35.5 Å². The van der Waals surface area contributed by atoms with Gasteiger partial charge < -0.3 is 34.6 Å². The second-order valence-electron chi connectivity index (χ2n) is 10.9. The number of benzene rings is 1. The topological polar surface area (TPSA) is 129 Å². The molecule has 4 heterocycles. The van der Waals surface area contributed by atoms with Gasteiger partial charge in [-0.3, -0.25) is 9.69 Å². The number of hydrogen-bond donors (Lipinski definition) is 3. The number of nitrogens with one attached hydrogen (secondary N) is 2. The third-order valence-corrected chi connectivity index (χ3v) is 7.81. The molecule has 0 radical (unpaired) electrons. The van der Waals surface area contributed by atoms with E-state index >= 15 is 0 Å². The number of nitrogens with zero attached hydrogens (tertiary/aromatic N) is 3. The number of rotatable bonds is 6. The molecule has 0 aliphatic carbocycles. The number of ether oxygens (including phenoxy) is 2. The van der Waals surface area contributed by atoms with E-state index in [0.29, 0.717) is 30.0 Å². The van der Waals surface area contributed by atoms with Gasteiger partial charge in [0.15, 0.2) is 5.76 Å². The van der Waals surface area contributed by atoms with E-state index in [1.54, 1.807) is 18.7 Å². The van der Waals surface area contributed by atoms with Crippen molar-refractivity contribution in [1.29, 1.82) is 0 Å². The van der Waals surface area contributed by atoms with Crippen molar-refractivity contribution in [3.05, 3.63) is 47.3 Å². The highest BCUT2D eigenvalue weighted by molar-refractivity contribution is 5.90. The molecule has 2 aromatic rings. The number of aliphatic hydroxyl groups is 1. The lowest BCUT2D eigenvalue weighted by atomic mass is 9.95. The zero-order valence-electron chi connectivity index (χ0n) is 22.7. The first kappa shape index (κ1) is 27.6. The first-order valence-corrected chi connectivity index (χ1v) is 13.8. The molecule has 3 saturated heterocycles. The van der Waals surface area contributed by atoms with E-state index in [9.17, 15) is 14.7 Å². The molecule has 11 nitrogen and oxygen atoms in total. The summed E-state index contributed by atoms with van der Waals surface area (Å²) in [5.74, 6) is 0.505. The summed E-state index contributed by atoms with van der Waals surface area (Å²) in [6.07, 6.45) is 1.01. The summed E-state index contributed by atoms with van der Waals surface area (Å²) in [5, 5.41) is 20.4. The second-order valence-corrected chi connectivity index (χ2v) is 10.9. The Hall–Kier alpha value is -2.99. The molecule has 3 aliphatic rings. The van der Waals surface area contributed by atoms with Crippen molar-refractivity contribution in [2.45, 2.75) is 76.5 Å². The molecule has 3 amide bonds. The van der Waals surface area contributed by atoms with Crippen LogP contribution in [0.15, 0.2) is 34.9 Å². The molecule has 5 atom stereocenters. The summed E-state index contributed by atoms with van der Waals surface area (Å²) in [6, 6.07) is 9.86. The maximum absolute atomic E-state index is 13.3. The van der Waals surface area contributed by atoms with Crippen molar-refractivity contribution in [1.82, 2.24) is 20.3 Å². The van der Waals surface area contributed by atoms with Gasteiger partial charge in [0.1, 0.15) is 17.5 Å². The fraction of sp³-hybridized carbons (Fsp3) is 0.607. The first-order valence-electron chi connectivity index (χ1n) is 13.8. The Morgan fingerprint density at radius 1 is 1.10 bits per heavy atom. The Bertz CT molecular complexity index is 1110. The summed E-state index contributed by atoms with van der Waals surface area (Å²) >= 11 is 0. The Morgan fingerprint density at radius 3 is 2.69 bits per heavy atom. The Kier molecular flexibility index (Phi) is 8.81. The van der Waals surface area contributed by atoms with Gasteiger partial charge in [-0.25, -0.2) is 4.79 Å². The van der Waals surface area contributed by atoms with Gasteiger partial charge >= 0.3 is 6.03 Å². The maximum Gasteiger partial charge on any atom is 0.322 e. The predicted octanol–water partition coefficient (Wildman–Crippen LogP) is 2.21. The van der Waals surface area contributed by atoms with E-state index in [2.05, 4.69) is 32.8 Å². The van der Waals surface area contributed by atoms with Crippen molar-refractivity contribution >= 4 is 17.6 Å². The third-order valence-electron chi connectivity index (χ3n) is 7.81. The standard InChI is InChI=1S/C28H39N5O6/c1-18-27(19(2)39-31-18)30-28(36)33-15-22(34)16-37-17-25-24(33)9-8-23(38-25)12-26(35)29-21-10-11-32(14-21)13-20-6-4-3-5-7-20/h3-7,21-25,34H,8-17H2,1-2H3,(H,29,35)(H,30,36)/t21-,22-,23+,24-,25+/m1/s1. The van der Waals surface area contributed by atoms with Crippen LogP contribution in [0, 0.1) is 13.8 Å². The molecule has 1 aromatic heterocycles. The van der Waals surface area contributed by atoms with Crippen LogP contribution in [0.4, 0.5) is 10.5 Å². The second kappa shape index (κ2) is 12.5. The molecule has 3 aliphatic heterocycles. The summed E-state index contributed by atoms with van der Waals surface area (Å²) in [6.45, 7) is 6.64. The van der Waals surface area contributed by atoms with E-state index in [1.807, 2.05) is 18.2 Å². The molecule has 5 rings (SSSR count). The summed E-state index contributed by atoms with van der Waals surface area (Å²) in [4.78, 5) is 30.2. The summed E-state index contributed by atoms with van der Waals surface area (Å²) < 4.78 is 17.2. The zero-order chi connectivity index (χ0) is 27.4. The highest BCUT2D eigenvalue weighted by Gasteiger charge is 2.40. The summed E-state index contributed by atoms with van der Waals surface area (Å²) in [5.41, 5.74) is 2.40. The minimum Gasteiger partial charge on any atom is -0.389 e. The maximum atomic E-state index is 13.3. The van der Waals surface area contributed by atoms with Crippen LogP contribution in [0.25, 0.3) is 0 Å². The van der Waals surface area contributed by atoms with E-state index < -0.39 is 12.2 Å². The number of aryl methyl sites for hydroxylation is 2. The monoisotopic (exact) mass is 541 g/mol. The lowest BCUT2D eigenvalue weighted by Gasteiger charge is -2.44. The van der Waals surface area contributed by atoms with E-state index in [0.717, 1.165) is 26.1 Å². The van der Waals surface area contributed by atoms with Gasteiger partial charge in [-0.2, -0.15) is 0 Å². The largest absolute Gasteiger partial charge is 0.389 e. The number of amides is 3. The molecular formula is C28H39N5O6. The molecule has 3 N–H and O–H groups in total. The Morgan fingerprint density at radius 2 is 1.92 bits per heavy atom. The number of carbonyl (C=O) groups is 2. The van der Waals surface area contributed by atoms with Crippen LogP contribution >= 0.6 is 0 Å². The van der Waals surface area contributed by atoms with Crippen LogP contribution in [0.1, 0.15) is 42.7 Å². The van der Waals surface area contributed by atoms with Crippen LogP contribution in [-0.2, 0) is 20.8 Å². The average molecular weight is 542 g/mol. The van der Waals surface area contributed by atoms with Gasteiger partial charge in [-0.15, -0.1) is 0 Å². The molecule has 3 fully saturated rings. The van der Waals surface area contributed by atoms with E-state index in [-0.39, 0.29) is 56.3 Å². The number of urea groups is 1. The van der Waals surface area contributed by atoms with Crippen LogP contribution < -0.4 is 10.6 Å². The van der Waals surface area contributed by atoms with Crippen molar-refractivity contribution in [3.8, 4) is 0 Å². The van der Waals surface area contributed by atoms with Gasteiger partial charge in [0, 0.05) is 25.7 Å². The van der Waals surface area contributed by atoms with Crippen molar-refractivity contribution in [2.24, 2.45) is 0 Å². The fourth-order valence-electron chi connectivity index (χ4n) is 5.84. The SMILES string of the molecule is Cc1noc(C)c1NC(=O)N1C[C@@H](O)COC[C@@H]2O[C@H](CC(=O)N[C@@H]3CCN(Cc4ccccc4)C3)CC[C@H]21. The number of aliphatic hydroxyl groups excluding tert-OH is 1. The molecule has 0 saturated carbocycles. The molecule has 1 aromatic carbocycles. The number of likely N-dealkylation sites (tertiary alicyclic amines) is 1. The first-order chi connectivity index (χ1) is 18.9. The van der Waals surface area contributed by atoms with Gasteiger partial charge in [-0.05, 0) is 38.7 Å². The Labute approximate surface area is 228 Å². The van der Waals surface area contributed by atoms with E-state index in [4.69, 9.17) is 14.0 Å². The molecule has 0 bridgehead atoms. The molecule has 212 valence electrons. The number of aromatic nitrogens is 1. The minimum absolute atomic E-state index is 0.0137. The molecular weight excluding hydrogens is 502 g/mol. The zero-order valence-corrected chi connectivity index (χ0v) is 22.7. The van der Waals surface area contributed by atoms with Crippen molar-refractivity contribution in [2.75, 3.05) is 38.2 Å². The number of fused-ring (bicyclic) bond motifs is 1. The number of anilines is 1. The summed E-state index contributed by atoms with van der Waals surface area (Å²) in [7, 11) is 0. The third kappa shape index (κ3) is 6.96. The smallest absolute Gasteiger partial charge is 0.322 e. The normalized spacial score (nSPS) is 27.9. The number of hydrogen-bond acceptors (Lipinski definition) is 8. The highest BCUT2D eigenvalue weighted by Crippen LogP contribution is 2.29. The lowest BCUT2D eigenvalue weighted by Crippen LogP contribution is -2.58. The molecule has 0 unspecified atom stereocenters. The van der Waals surface area contributed by atoms with Crippen molar-refractivity contribution < 1.29 is 28.7 Å². The Balaban J connectivity index is 1.14. The molecule has 0 spiro atoms. The average Bonchev–Trinajstić information content (AvgIpc) is 3.47. The quantitative estimate of drug-likeness (QED) is 0.508. The number of carbonyl (C=O) groups excluding carboxylic acids is 2. The van der Waals surface area contributed by atoms with E-state index in [1.165, 1.54) is 5.56 Å². The fourth-order valence-corrected chi connectivity index (χ4v) is 5.84. The highest BCUT2D eigenvalue weighted by atomic mass is 16.5.